The van der Waals surface area contributed by atoms with Gasteiger partial charge in [-0.3, -0.25) is 4.79 Å². The minimum absolute atomic E-state index is 0.0436. The molecule has 0 bridgehead atoms. The molecule has 0 aliphatic heterocycles. The fourth-order valence-electron chi connectivity index (χ4n) is 1.64. The van der Waals surface area contributed by atoms with Crippen molar-refractivity contribution in [1.29, 1.82) is 0 Å². The number of ether oxygens (including phenoxy) is 1. The summed E-state index contributed by atoms with van der Waals surface area (Å²) in [7, 11) is 0. The monoisotopic (exact) mass is 312 g/mol. The molecule has 0 fully saturated rings. The Hall–Kier alpha value is -1.85. The van der Waals surface area contributed by atoms with E-state index in [2.05, 4.69) is 5.10 Å². The lowest BCUT2D eigenvalue weighted by Gasteiger charge is -2.03. The summed E-state index contributed by atoms with van der Waals surface area (Å²) in [5.74, 6) is -0.651. The average Bonchev–Trinajstić information content (AvgIpc) is 2.82. The first-order valence-electron chi connectivity index (χ1n) is 5.73. The van der Waals surface area contributed by atoms with Crippen molar-refractivity contribution in [1.82, 2.24) is 9.78 Å². The lowest BCUT2D eigenvalue weighted by atomic mass is 10.3. The molecule has 0 aliphatic carbocycles. The lowest BCUT2D eigenvalue weighted by Crippen LogP contribution is -2.08. The van der Waals surface area contributed by atoms with Crippen LogP contribution >= 0.6 is 23.2 Å². The molecule has 2 aromatic rings. The van der Waals surface area contributed by atoms with Crippen molar-refractivity contribution < 1.29 is 14.3 Å². The van der Waals surface area contributed by atoms with Crippen LogP contribution in [0.25, 0.3) is 5.69 Å². The molecule has 0 atom stereocenters. The van der Waals surface area contributed by atoms with Crippen LogP contribution in [-0.4, -0.2) is 28.6 Å². The van der Waals surface area contributed by atoms with Gasteiger partial charge in [-0.15, -0.1) is 0 Å². The van der Waals surface area contributed by atoms with Gasteiger partial charge in [0.05, 0.1) is 17.9 Å². The van der Waals surface area contributed by atoms with E-state index in [0.29, 0.717) is 22.0 Å². The predicted octanol–water partition coefficient (Wildman–Crippen LogP) is 3.17. The molecule has 7 heteroatoms. The number of nitrogens with zero attached hydrogens (tertiary/aromatic N) is 2. The van der Waals surface area contributed by atoms with Crippen molar-refractivity contribution in [2.24, 2.45) is 0 Å². The molecule has 1 heterocycles. The molecule has 0 radical (unpaired) electrons. The van der Waals surface area contributed by atoms with Crippen LogP contribution in [0.15, 0.2) is 24.4 Å². The number of esters is 1. The lowest BCUT2D eigenvalue weighted by molar-refractivity contribution is 0.0517. The van der Waals surface area contributed by atoms with Crippen molar-refractivity contribution in [2.75, 3.05) is 6.61 Å². The molecule has 0 saturated heterocycles. The van der Waals surface area contributed by atoms with Crippen LogP contribution in [0.1, 0.15) is 27.8 Å². The van der Waals surface area contributed by atoms with Gasteiger partial charge < -0.3 is 4.74 Å². The Balaban J connectivity index is 2.48. The standard InChI is InChI=1S/C13H10Cl2N2O3/c1-2-20-13(19)12-8(7-18)6-17(16-12)11-4-9(14)3-10(15)5-11/h3-7H,2H2,1H3. The Morgan fingerprint density at radius 2 is 2.00 bits per heavy atom. The fourth-order valence-corrected chi connectivity index (χ4v) is 2.15. The van der Waals surface area contributed by atoms with Gasteiger partial charge in [-0.2, -0.15) is 5.10 Å². The van der Waals surface area contributed by atoms with Gasteiger partial charge in [0.15, 0.2) is 12.0 Å². The third kappa shape index (κ3) is 3.00. The zero-order valence-corrected chi connectivity index (χ0v) is 12.0. The van der Waals surface area contributed by atoms with Gasteiger partial charge >= 0.3 is 5.97 Å². The average molecular weight is 313 g/mol. The Bertz CT molecular complexity index is 647. The number of rotatable bonds is 4. The van der Waals surface area contributed by atoms with Crippen molar-refractivity contribution in [2.45, 2.75) is 6.92 Å². The number of benzene rings is 1. The molecule has 0 spiro atoms. The topological polar surface area (TPSA) is 61.2 Å². The van der Waals surface area contributed by atoms with Crippen molar-refractivity contribution >= 4 is 35.5 Å². The highest BCUT2D eigenvalue weighted by Crippen LogP contribution is 2.22. The Morgan fingerprint density at radius 3 is 2.55 bits per heavy atom. The van der Waals surface area contributed by atoms with Gasteiger partial charge in [-0.1, -0.05) is 23.2 Å². The summed E-state index contributed by atoms with van der Waals surface area (Å²) in [5, 5.41) is 4.89. The van der Waals surface area contributed by atoms with Gasteiger partial charge in [-0.25, -0.2) is 9.48 Å². The number of aromatic nitrogens is 2. The number of halogens is 2. The van der Waals surface area contributed by atoms with Crippen LogP contribution < -0.4 is 0 Å². The van der Waals surface area contributed by atoms with Crippen molar-refractivity contribution in [3.8, 4) is 5.69 Å². The van der Waals surface area contributed by atoms with Gasteiger partial charge in [0.2, 0.25) is 0 Å². The van der Waals surface area contributed by atoms with Crippen LogP contribution in [0.3, 0.4) is 0 Å². The van der Waals surface area contributed by atoms with E-state index in [9.17, 15) is 9.59 Å². The molecule has 0 aliphatic rings. The van der Waals surface area contributed by atoms with Crippen LogP contribution in [0.4, 0.5) is 0 Å². The van der Waals surface area contributed by atoms with Crippen LogP contribution in [0, 0.1) is 0 Å². The molecule has 0 unspecified atom stereocenters. The molecular formula is C13H10Cl2N2O3. The minimum Gasteiger partial charge on any atom is -0.461 e. The molecule has 20 heavy (non-hydrogen) atoms. The number of hydrogen-bond donors (Lipinski definition) is 0. The summed E-state index contributed by atoms with van der Waals surface area (Å²) >= 11 is 11.8. The summed E-state index contributed by atoms with van der Waals surface area (Å²) in [6, 6.07) is 4.80. The van der Waals surface area contributed by atoms with E-state index >= 15 is 0 Å². The predicted molar refractivity (Wildman–Crippen MR) is 74.9 cm³/mol. The van der Waals surface area contributed by atoms with E-state index < -0.39 is 5.97 Å². The first-order valence-corrected chi connectivity index (χ1v) is 6.49. The van der Waals surface area contributed by atoms with Gasteiger partial charge in [0.1, 0.15) is 0 Å². The largest absolute Gasteiger partial charge is 0.461 e. The van der Waals surface area contributed by atoms with Gasteiger partial charge in [0, 0.05) is 16.2 Å². The highest BCUT2D eigenvalue weighted by Gasteiger charge is 2.18. The summed E-state index contributed by atoms with van der Waals surface area (Å²) in [5.41, 5.74) is 0.638. The fraction of sp³-hybridized carbons (Fsp3) is 0.154. The Kier molecular flexibility index (Phi) is 4.42. The van der Waals surface area contributed by atoms with Gasteiger partial charge in [-0.05, 0) is 25.1 Å². The summed E-state index contributed by atoms with van der Waals surface area (Å²) in [6.45, 7) is 1.87. The number of aldehydes is 1. The molecule has 0 N–H and O–H groups in total. The number of carbonyl (C=O) groups is 2. The molecular weight excluding hydrogens is 303 g/mol. The first kappa shape index (κ1) is 14.6. The van der Waals surface area contributed by atoms with Crippen LogP contribution in [0.5, 0.6) is 0 Å². The SMILES string of the molecule is CCOC(=O)c1nn(-c2cc(Cl)cc(Cl)c2)cc1C=O. The van der Waals surface area contributed by atoms with E-state index in [1.165, 1.54) is 10.9 Å². The van der Waals surface area contributed by atoms with E-state index in [-0.39, 0.29) is 17.9 Å². The maximum atomic E-state index is 11.7. The minimum atomic E-state index is -0.651. The zero-order valence-electron chi connectivity index (χ0n) is 10.5. The van der Waals surface area contributed by atoms with Crippen molar-refractivity contribution in [3.05, 3.63) is 45.7 Å². The summed E-state index contributed by atoms with van der Waals surface area (Å²) in [4.78, 5) is 22.7. The van der Waals surface area contributed by atoms with Gasteiger partial charge in [0.25, 0.3) is 0 Å². The van der Waals surface area contributed by atoms with E-state index in [4.69, 9.17) is 27.9 Å². The van der Waals surface area contributed by atoms with E-state index in [1.807, 2.05) is 0 Å². The molecule has 0 saturated carbocycles. The maximum absolute atomic E-state index is 11.7. The highest BCUT2D eigenvalue weighted by atomic mass is 35.5. The summed E-state index contributed by atoms with van der Waals surface area (Å²) in [6.07, 6.45) is 1.96. The molecule has 2 rings (SSSR count). The van der Waals surface area contributed by atoms with E-state index in [1.54, 1.807) is 25.1 Å². The normalized spacial score (nSPS) is 10.3. The summed E-state index contributed by atoms with van der Waals surface area (Å²) < 4.78 is 6.20. The molecule has 1 aromatic carbocycles. The third-order valence-electron chi connectivity index (χ3n) is 2.45. The Morgan fingerprint density at radius 1 is 1.35 bits per heavy atom. The quantitative estimate of drug-likeness (QED) is 0.642. The zero-order chi connectivity index (χ0) is 14.7. The molecule has 0 amide bonds. The molecule has 5 nitrogen and oxygen atoms in total. The number of carbonyl (C=O) groups excluding carboxylic acids is 2. The smallest absolute Gasteiger partial charge is 0.359 e. The van der Waals surface area contributed by atoms with Crippen LogP contribution in [0.2, 0.25) is 10.0 Å². The highest BCUT2D eigenvalue weighted by molar-refractivity contribution is 6.34. The Labute approximate surface area is 125 Å². The second-order valence-electron chi connectivity index (χ2n) is 3.84. The van der Waals surface area contributed by atoms with Crippen molar-refractivity contribution in [3.63, 3.8) is 0 Å². The second-order valence-corrected chi connectivity index (χ2v) is 4.72. The maximum Gasteiger partial charge on any atom is 0.359 e. The van der Waals surface area contributed by atoms with Crippen LogP contribution in [-0.2, 0) is 4.74 Å². The molecule has 104 valence electrons. The first-order chi connectivity index (χ1) is 9.55. The third-order valence-corrected chi connectivity index (χ3v) is 2.89. The number of hydrogen-bond acceptors (Lipinski definition) is 4. The second kappa shape index (κ2) is 6.07. The molecule has 1 aromatic heterocycles. The van der Waals surface area contributed by atoms with E-state index in [0.717, 1.165) is 0 Å².